The molecule has 0 fully saturated rings. The molecule has 0 saturated carbocycles. The summed E-state index contributed by atoms with van der Waals surface area (Å²) >= 11 is 0. The van der Waals surface area contributed by atoms with E-state index in [2.05, 4.69) is 56.9 Å². The first kappa shape index (κ1) is 56.6. The van der Waals surface area contributed by atoms with Crippen LogP contribution in [0.25, 0.3) is 20.9 Å². The third-order valence-electron chi connectivity index (χ3n) is 7.83. The third kappa shape index (κ3) is 44.9. The van der Waals surface area contributed by atoms with Crippen LogP contribution in [0, 0.1) is 0 Å². The summed E-state index contributed by atoms with van der Waals surface area (Å²) in [4.78, 5) is 29.7. The summed E-state index contributed by atoms with van der Waals surface area (Å²) in [5.74, 6) is -0.0624. The van der Waals surface area contributed by atoms with E-state index in [0.29, 0.717) is 171 Å². The van der Waals surface area contributed by atoms with Crippen molar-refractivity contribution in [1.82, 2.24) is 10.6 Å². The van der Waals surface area contributed by atoms with Gasteiger partial charge in [-0.05, 0) is 62.2 Å². The van der Waals surface area contributed by atoms with Gasteiger partial charge in [0, 0.05) is 48.8 Å². The number of azide groups is 2. The number of hydrogen-bond acceptors (Lipinski definition) is 15. The number of carbonyl (C=O) groups excluding carboxylic acids is 2. The largest absolute Gasteiger partial charge is 0.455 e. The Bertz CT molecular complexity index is 1030. The second kappa shape index (κ2) is 42.3. The normalized spacial score (nSPS) is 11.6. The van der Waals surface area contributed by atoms with Crippen molar-refractivity contribution in [2.45, 2.75) is 64.0 Å². The summed E-state index contributed by atoms with van der Waals surface area (Å²) in [7, 11) is -3.82. The molecule has 0 radical (unpaired) electrons. The third-order valence-corrected chi connectivity index (χ3v) is 15.4. The van der Waals surface area contributed by atoms with Crippen LogP contribution in [0.15, 0.2) is 10.2 Å². The van der Waals surface area contributed by atoms with Crippen LogP contribution in [0.3, 0.4) is 0 Å². The highest BCUT2D eigenvalue weighted by Gasteiger charge is 2.32. The van der Waals surface area contributed by atoms with Crippen LogP contribution in [0.5, 0.6) is 0 Å². The molecule has 0 aromatic heterocycles. The minimum atomic E-state index is -1.91. The van der Waals surface area contributed by atoms with Gasteiger partial charge in [0.2, 0.25) is 11.8 Å². The molecule has 0 aromatic rings. The van der Waals surface area contributed by atoms with Crippen molar-refractivity contribution in [3.05, 3.63) is 20.9 Å². The number of hydrogen-bond donors (Lipinski definition) is 2. The zero-order chi connectivity index (χ0) is 43.4. The number of carbonyl (C=O) groups is 2. The maximum absolute atomic E-state index is 12.2. The molecule has 0 aliphatic carbocycles. The summed E-state index contributed by atoms with van der Waals surface area (Å²) in [5.41, 5.74) is 16.3. The van der Waals surface area contributed by atoms with Crippen molar-refractivity contribution < 1.29 is 61.1 Å². The number of amides is 2. The quantitative estimate of drug-likeness (QED) is 0.0289. The molecular formula is C36H74N8O13Si2. The van der Waals surface area contributed by atoms with Gasteiger partial charge in [-0.1, -0.05) is 10.2 Å². The van der Waals surface area contributed by atoms with Crippen LogP contribution in [0.4, 0.5) is 0 Å². The van der Waals surface area contributed by atoms with Crippen molar-refractivity contribution in [1.29, 1.82) is 0 Å². The molecule has 0 bridgehead atoms. The van der Waals surface area contributed by atoms with Gasteiger partial charge in [0.25, 0.3) is 0 Å². The lowest BCUT2D eigenvalue weighted by Gasteiger charge is -2.34. The molecule has 0 aliphatic heterocycles. The summed E-state index contributed by atoms with van der Waals surface area (Å²) in [6, 6.07) is 1.91. The van der Waals surface area contributed by atoms with Gasteiger partial charge in [0.1, 0.15) is 0 Å². The summed E-state index contributed by atoms with van der Waals surface area (Å²) in [5, 5.41) is 12.7. The van der Waals surface area contributed by atoms with E-state index in [1.807, 2.05) is 0 Å². The first-order valence-electron chi connectivity index (χ1n) is 20.6. The molecule has 23 heteroatoms. The summed E-state index contributed by atoms with van der Waals surface area (Å²) in [6.07, 6.45) is 2.33. The first-order chi connectivity index (χ1) is 28.6. The molecule has 2 amide bonds. The molecule has 0 saturated heterocycles. The van der Waals surface area contributed by atoms with Crippen LogP contribution in [-0.2, 0) is 61.1 Å². The van der Waals surface area contributed by atoms with Crippen LogP contribution < -0.4 is 10.6 Å². The number of nitrogens with zero attached hydrogens (tertiary/aromatic N) is 6. The fourth-order valence-corrected chi connectivity index (χ4v) is 14.0. The zero-order valence-corrected chi connectivity index (χ0v) is 38.2. The standard InChI is InChI=1S/C36H74N8O13Si2/c1-58(2,33-5-9-39-35(45)7-13-47-17-21-51-25-29-55-31-27-53-23-19-49-15-11-41-43-37)57-59(3,4)34-6-10-40-36(46)8-14-48-18-22-52-26-30-56-32-28-54-24-20-50-16-12-42-44-38/h5-34H2,1-4H3,(H,39,45)(H,40,46). The van der Waals surface area contributed by atoms with Crippen LogP contribution in [0.2, 0.25) is 38.3 Å². The maximum Gasteiger partial charge on any atom is 0.222 e. The Morgan fingerprint density at radius 3 is 0.966 bits per heavy atom. The molecular weight excluding hydrogens is 809 g/mol. The van der Waals surface area contributed by atoms with Crippen molar-refractivity contribution in [2.75, 3.05) is 158 Å². The highest BCUT2D eigenvalue weighted by Crippen LogP contribution is 2.23. The SMILES string of the molecule is C[Si](C)(CCCNC(=O)CCOCCOCCOCCOCCOCCN=[N+]=[N-])O[Si](C)(C)CCCNC(=O)CCOCCOCCOCCOCCOCCN=[N+]=[N-]. The molecule has 21 nitrogen and oxygen atoms in total. The Hall–Kier alpha value is -2.45. The van der Waals surface area contributed by atoms with Crippen molar-refractivity contribution in [2.24, 2.45) is 10.2 Å². The van der Waals surface area contributed by atoms with Crippen molar-refractivity contribution in [3.8, 4) is 0 Å². The molecule has 0 aromatic carbocycles. The van der Waals surface area contributed by atoms with E-state index in [1.54, 1.807) is 0 Å². The van der Waals surface area contributed by atoms with Gasteiger partial charge in [-0.2, -0.15) is 0 Å². The summed E-state index contributed by atoms with van der Waals surface area (Å²) < 4.78 is 60.8. The Morgan fingerprint density at radius 2 is 0.695 bits per heavy atom. The topological polar surface area (TPSA) is 257 Å². The Balaban J connectivity index is 3.62. The molecule has 0 spiro atoms. The Kier molecular flexibility index (Phi) is 40.5. The van der Waals surface area contributed by atoms with E-state index in [1.165, 1.54) is 0 Å². The molecule has 0 aliphatic rings. The van der Waals surface area contributed by atoms with Gasteiger partial charge < -0.3 is 62.1 Å². The maximum atomic E-state index is 12.2. The van der Waals surface area contributed by atoms with Gasteiger partial charge >= 0.3 is 0 Å². The lowest BCUT2D eigenvalue weighted by molar-refractivity contribution is -0.123. The highest BCUT2D eigenvalue weighted by molar-refractivity contribution is 6.84. The van der Waals surface area contributed by atoms with E-state index < -0.39 is 16.6 Å². The van der Waals surface area contributed by atoms with Gasteiger partial charge in [-0.25, -0.2) is 0 Å². The minimum absolute atomic E-state index is 0.0312. The Morgan fingerprint density at radius 1 is 0.441 bits per heavy atom. The number of nitrogens with one attached hydrogen (secondary N) is 2. The smallest absolute Gasteiger partial charge is 0.222 e. The summed E-state index contributed by atoms with van der Waals surface area (Å²) in [6.45, 7) is 19.3. The first-order valence-corrected chi connectivity index (χ1v) is 26.9. The van der Waals surface area contributed by atoms with Gasteiger partial charge in [-0.3, -0.25) is 9.59 Å². The predicted molar refractivity (Wildman–Crippen MR) is 226 cm³/mol. The average Bonchev–Trinajstić information content (AvgIpc) is 3.19. The van der Waals surface area contributed by atoms with Gasteiger partial charge in [0.15, 0.2) is 16.6 Å². The van der Waals surface area contributed by atoms with Crippen molar-refractivity contribution >= 4 is 28.4 Å². The Labute approximate surface area is 352 Å². The molecule has 59 heavy (non-hydrogen) atoms. The fourth-order valence-electron chi connectivity index (χ4n) is 5.10. The molecule has 2 N–H and O–H groups in total. The van der Waals surface area contributed by atoms with Gasteiger partial charge in [0.05, 0.1) is 132 Å². The van der Waals surface area contributed by atoms with E-state index in [-0.39, 0.29) is 11.8 Å². The lowest BCUT2D eigenvalue weighted by atomic mass is 10.4. The van der Waals surface area contributed by atoms with E-state index in [4.69, 9.17) is 62.5 Å². The lowest BCUT2D eigenvalue weighted by Crippen LogP contribution is -2.45. The monoisotopic (exact) mass is 882 g/mol. The number of ether oxygens (including phenoxy) is 10. The minimum Gasteiger partial charge on any atom is -0.455 e. The highest BCUT2D eigenvalue weighted by atomic mass is 28.4. The molecule has 344 valence electrons. The second-order valence-electron chi connectivity index (χ2n) is 14.1. The van der Waals surface area contributed by atoms with Crippen LogP contribution in [-0.4, -0.2) is 187 Å². The van der Waals surface area contributed by atoms with Crippen LogP contribution >= 0.6 is 0 Å². The molecule has 0 unspecified atom stereocenters. The molecule has 0 heterocycles. The molecule has 0 rings (SSSR count). The molecule has 0 atom stereocenters. The fraction of sp³-hybridized carbons (Fsp3) is 0.944. The predicted octanol–water partition coefficient (Wildman–Crippen LogP) is 3.99. The van der Waals surface area contributed by atoms with E-state index in [0.717, 1.165) is 24.9 Å². The van der Waals surface area contributed by atoms with Crippen LogP contribution in [0.1, 0.15) is 25.7 Å². The second-order valence-corrected chi connectivity index (χ2v) is 22.9. The zero-order valence-electron chi connectivity index (χ0n) is 36.2. The van der Waals surface area contributed by atoms with Gasteiger partial charge in [-0.15, -0.1) is 0 Å². The number of rotatable bonds is 46. The van der Waals surface area contributed by atoms with E-state index in [9.17, 15) is 9.59 Å². The van der Waals surface area contributed by atoms with E-state index >= 15 is 0 Å². The average molecular weight is 883 g/mol. The van der Waals surface area contributed by atoms with Crippen molar-refractivity contribution in [3.63, 3.8) is 0 Å².